The third kappa shape index (κ3) is 2.58. The van der Waals surface area contributed by atoms with Crippen LogP contribution in [0.25, 0.3) is 0 Å². The van der Waals surface area contributed by atoms with Crippen molar-refractivity contribution < 1.29 is 4.39 Å². The number of anilines is 1. The first-order valence-electron chi connectivity index (χ1n) is 7.49. The topological polar surface area (TPSA) is 63.9 Å². The Kier molecular flexibility index (Phi) is 3.13. The van der Waals surface area contributed by atoms with E-state index >= 15 is 0 Å². The lowest BCUT2D eigenvalue weighted by Crippen LogP contribution is -2.50. The van der Waals surface area contributed by atoms with Crippen molar-refractivity contribution in [2.45, 2.75) is 25.3 Å². The Morgan fingerprint density at radius 3 is 2.59 bits per heavy atom. The number of rotatable bonds is 4. The lowest BCUT2D eigenvalue weighted by atomic mass is 10.0. The normalized spacial score (nSPS) is 18.3. The van der Waals surface area contributed by atoms with E-state index in [0.717, 1.165) is 18.8 Å². The first-order chi connectivity index (χ1) is 10.7. The fourth-order valence-corrected chi connectivity index (χ4v) is 2.75. The van der Waals surface area contributed by atoms with Gasteiger partial charge >= 0.3 is 0 Å². The average Bonchev–Trinajstić information content (AvgIpc) is 3.30. The molecule has 1 saturated carbocycles. The van der Waals surface area contributed by atoms with Crippen LogP contribution < -0.4 is 10.5 Å². The molecule has 0 N–H and O–H groups in total. The summed E-state index contributed by atoms with van der Waals surface area (Å²) >= 11 is 0. The molecule has 2 aromatic rings. The van der Waals surface area contributed by atoms with Crippen LogP contribution in [0.4, 0.5) is 10.3 Å². The minimum absolute atomic E-state index is 0.0547. The minimum Gasteiger partial charge on any atom is -0.340 e. The summed E-state index contributed by atoms with van der Waals surface area (Å²) in [7, 11) is 0. The Balaban J connectivity index is 1.40. The van der Waals surface area contributed by atoms with Crippen LogP contribution in [0.2, 0.25) is 0 Å². The fourth-order valence-electron chi connectivity index (χ4n) is 2.75. The molecule has 0 radical (unpaired) electrons. The van der Waals surface area contributed by atoms with Crippen LogP contribution in [0.3, 0.4) is 0 Å². The molecule has 4 rings (SSSR count). The Bertz CT molecular complexity index is 734. The molecule has 22 heavy (non-hydrogen) atoms. The van der Waals surface area contributed by atoms with Crippen molar-refractivity contribution in [2.75, 3.05) is 18.0 Å². The van der Waals surface area contributed by atoms with E-state index in [4.69, 9.17) is 0 Å². The van der Waals surface area contributed by atoms with Gasteiger partial charge in [0, 0.05) is 31.0 Å². The number of nitrogens with zero attached hydrogens (tertiary/aromatic N) is 5. The number of halogens is 1. The summed E-state index contributed by atoms with van der Waals surface area (Å²) in [5.74, 6) is 0.976. The third-order valence-corrected chi connectivity index (χ3v) is 4.16. The molecule has 1 aliphatic heterocycles. The summed E-state index contributed by atoms with van der Waals surface area (Å²) < 4.78 is 14.4. The molecule has 7 heteroatoms. The smallest absolute Gasteiger partial charge is 0.266 e. The molecule has 0 atom stereocenters. The first kappa shape index (κ1) is 13.4. The van der Waals surface area contributed by atoms with Gasteiger partial charge in [0.2, 0.25) is 5.95 Å². The van der Waals surface area contributed by atoms with Gasteiger partial charge in [0.05, 0.1) is 24.6 Å². The molecule has 3 heterocycles. The molecular weight excluding hydrogens is 285 g/mol. The minimum atomic E-state index is -0.437. The van der Waals surface area contributed by atoms with Gasteiger partial charge in [-0.25, -0.2) is 19.0 Å². The van der Waals surface area contributed by atoms with Gasteiger partial charge in [-0.05, 0) is 18.9 Å². The highest BCUT2D eigenvalue weighted by Gasteiger charge is 2.30. The zero-order chi connectivity index (χ0) is 15.1. The molecule has 0 amide bonds. The molecule has 114 valence electrons. The number of hydrogen-bond acceptors (Lipinski definition) is 5. The van der Waals surface area contributed by atoms with Gasteiger partial charge in [0.25, 0.3) is 5.56 Å². The van der Waals surface area contributed by atoms with Gasteiger partial charge in [0.1, 0.15) is 0 Å². The van der Waals surface area contributed by atoms with E-state index in [1.165, 1.54) is 25.2 Å². The molecule has 2 aromatic heterocycles. The van der Waals surface area contributed by atoms with Crippen LogP contribution >= 0.6 is 0 Å². The quantitative estimate of drug-likeness (QED) is 0.848. The summed E-state index contributed by atoms with van der Waals surface area (Å²) in [6, 6.07) is 3.45. The average molecular weight is 301 g/mol. The molecule has 6 nitrogen and oxygen atoms in total. The van der Waals surface area contributed by atoms with Crippen LogP contribution in [-0.4, -0.2) is 32.8 Å². The predicted molar refractivity (Wildman–Crippen MR) is 78.2 cm³/mol. The third-order valence-electron chi connectivity index (χ3n) is 4.16. The maximum atomic E-state index is 12.8. The van der Waals surface area contributed by atoms with E-state index in [2.05, 4.69) is 15.1 Å². The highest BCUT2D eigenvalue weighted by Crippen LogP contribution is 2.38. The van der Waals surface area contributed by atoms with E-state index in [9.17, 15) is 9.18 Å². The molecule has 1 aliphatic carbocycles. The second-order valence-electron chi connectivity index (χ2n) is 6.03. The molecular formula is C15H16FN5O. The van der Waals surface area contributed by atoms with Gasteiger partial charge in [-0.1, -0.05) is 0 Å². The number of hydrogen-bond donors (Lipinski definition) is 0. The number of aromatic nitrogens is 4. The van der Waals surface area contributed by atoms with Crippen molar-refractivity contribution in [1.29, 1.82) is 0 Å². The highest BCUT2D eigenvalue weighted by molar-refractivity contribution is 5.33. The zero-order valence-electron chi connectivity index (χ0n) is 12.0. The van der Waals surface area contributed by atoms with Crippen molar-refractivity contribution in [3.8, 4) is 0 Å². The van der Waals surface area contributed by atoms with Gasteiger partial charge in [-0.2, -0.15) is 5.10 Å². The zero-order valence-corrected chi connectivity index (χ0v) is 12.0. The van der Waals surface area contributed by atoms with E-state index < -0.39 is 5.82 Å². The molecule has 0 unspecified atom stereocenters. The van der Waals surface area contributed by atoms with Crippen molar-refractivity contribution >= 4 is 5.95 Å². The molecule has 0 bridgehead atoms. The maximum Gasteiger partial charge on any atom is 0.266 e. The lowest BCUT2D eigenvalue weighted by molar-refractivity contribution is 0.329. The van der Waals surface area contributed by atoms with Crippen LogP contribution in [0.5, 0.6) is 0 Å². The summed E-state index contributed by atoms with van der Waals surface area (Å²) in [5.41, 5.74) is 0.971. The standard InChI is InChI=1S/C15H16FN5O/c16-12-5-17-15(18-6-12)20-7-10(8-20)9-21-14(22)4-3-13(19-21)11-1-2-11/h3-6,10-11H,1-2,7-9H2. The monoisotopic (exact) mass is 301 g/mol. The largest absolute Gasteiger partial charge is 0.340 e. The second-order valence-corrected chi connectivity index (χ2v) is 6.03. The molecule has 0 spiro atoms. The maximum absolute atomic E-state index is 12.8. The lowest BCUT2D eigenvalue weighted by Gasteiger charge is -2.39. The van der Waals surface area contributed by atoms with Gasteiger partial charge in [-0.15, -0.1) is 0 Å². The first-order valence-corrected chi connectivity index (χ1v) is 7.49. The predicted octanol–water partition coefficient (Wildman–Crippen LogP) is 1.19. The van der Waals surface area contributed by atoms with Crippen molar-refractivity contribution in [1.82, 2.24) is 19.7 Å². The van der Waals surface area contributed by atoms with E-state index in [1.54, 1.807) is 10.7 Å². The summed E-state index contributed by atoms with van der Waals surface area (Å²) in [5, 5.41) is 4.47. The summed E-state index contributed by atoms with van der Waals surface area (Å²) in [6.45, 7) is 2.12. The molecule has 0 aromatic carbocycles. The Morgan fingerprint density at radius 2 is 1.91 bits per heavy atom. The van der Waals surface area contributed by atoms with Gasteiger partial charge in [-0.3, -0.25) is 4.79 Å². The van der Waals surface area contributed by atoms with Crippen LogP contribution in [0.1, 0.15) is 24.5 Å². The second kappa shape index (κ2) is 5.15. The van der Waals surface area contributed by atoms with Crippen LogP contribution in [0, 0.1) is 11.7 Å². The van der Waals surface area contributed by atoms with Crippen molar-refractivity contribution in [2.24, 2.45) is 5.92 Å². The molecule has 1 saturated heterocycles. The summed E-state index contributed by atoms with van der Waals surface area (Å²) in [6.07, 6.45) is 4.68. The summed E-state index contributed by atoms with van der Waals surface area (Å²) in [4.78, 5) is 21.8. The van der Waals surface area contributed by atoms with Crippen molar-refractivity contribution in [3.63, 3.8) is 0 Å². The van der Waals surface area contributed by atoms with E-state index in [0.29, 0.717) is 24.3 Å². The van der Waals surface area contributed by atoms with Crippen molar-refractivity contribution in [3.05, 3.63) is 46.4 Å². The highest BCUT2D eigenvalue weighted by atomic mass is 19.1. The van der Waals surface area contributed by atoms with E-state index in [-0.39, 0.29) is 5.56 Å². The van der Waals surface area contributed by atoms with Gasteiger partial charge in [0.15, 0.2) is 5.82 Å². The fraction of sp³-hybridized carbons (Fsp3) is 0.467. The Labute approximate surface area is 126 Å². The Hall–Kier alpha value is -2.31. The van der Waals surface area contributed by atoms with E-state index in [1.807, 2.05) is 11.0 Å². The van der Waals surface area contributed by atoms with Gasteiger partial charge < -0.3 is 4.90 Å². The SMILES string of the molecule is O=c1ccc(C2CC2)nn1CC1CN(c2ncc(F)cn2)C1. The van der Waals surface area contributed by atoms with Crippen LogP contribution in [-0.2, 0) is 6.54 Å². The molecule has 2 aliphatic rings. The Morgan fingerprint density at radius 1 is 1.18 bits per heavy atom. The molecule has 2 fully saturated rings. The van der Waals surface area contributed by atoms with Crippen LogP contribution in [0.15, 0.2) is 29.3 Å².